The van der Waals surface area contributed by atoms with E-state index < -0.39 is 0 Å². The van der Waals surface area contributed by atoms with Gasteiger partial charge in [-0.3, -0.25) is 4.79 Å². The number of amides is 1. The number of rotatable bonds is 4. The van der Waals surface area contributed by atoms with E-state index in [1.165, 1.54) is 17.6 Å². The Hall–Kier alpha value is -2.67. The van der Waals surface area contributed by atoms with Crippen molar-refractivity contribution in [1.82, 2.24) is 15.2 Å². The molecule has 2 aromatic carbocycles. The Kier molecular flexibility index (Phi) is 5.17. The SMILES string of the molecule is Cc1nn(-c2ccccc2)c(Cl)c1C=NNC(=O)c1sc2ccccc2c1Cl. The van der Waals surface area contributed by atoms with Crippen LogP contribution in [0.25, 0.3) is 15.8 Å². The fraction of sp³-hybridized carbons (Fsp3) is 0.0500. The van der Waals surface area contributed by atoms with Crippen LogP contribution in [0, 0.1) is 6.92 Å². The Balaban J connectivity index is 1.56. The number of nitrogens with zero attached hydrogens (tertiary/aromatic N) is 3. The van der Waals surface area contributed by atoms with Gasteiger partial charge >= 0.3 is 0 Å². The molecule has 0 atom stereocenters. The number of para-hydroxylation sites is 1. The molecule has 2 aromatic heterocycles. The van der Waals surface area contributed by atoms with Crippen LogP contribution >= 0.6 is 34.5 Å². The van der Waals surface area contributed by atoms with Crippen molar-refractivity contribution in [2.24, 2.45) is 5.10 Å². The van der Waals surface area contributed by atoms with Crippen LogP contribution in [-0.2, 0) is 0 Å². The topological polar surface area (TPSA) is 59.3 Å². The summed E-state index contributed by atoms with van der Waals surface area (Å²) in [4.78, 5) is 12.9. The van der Waals surface area contributed by atoms with Gasteiger partial charge in [-0.1, -0.05) is 59.6 Å². The largest absolute Gasteiger partial charge is 0.283 e. The second kappa shape index (κ2) is 7.75. The summed E-state index contributed by atoms with van der Waals surface area (Å²) in [5.41, 5.74) is 4.69. The van der Waals surface area contributed by atoms with Crippen LogP contribution in [0.5, 0.6) is 0 Å². The van der Waals surface area contributed by atoms with Gasteiger partial charge < -0.3 is 0 Å². The lowest BCUT2D eigenvalue weighted by Crippen LogP contribution is -2.16. The van der Waals surface area contributed by atoms with Crippen LogP contribution in [0.1, 0.15) is 20.9 Å². The quantitative estimate of drug-likeness (QED) is 0.346. The fourth-order valence-electron chi connectivity index (χ4n) is 2.76. The van der Waals surface area contributed by atoms with E-state index in [0.29, 0.717) is 26.3 Å². The number of aryl methyl sites for hydroxylation is 1. The van der Waals surface area contributed by atoms with Crippen molar-refractivity contribution >= 4 is 56.7 Å². The summed E-state index contributed by atoms with van der Waals surface area (Å²) in [5.74, 6) is -0.369. The van der Waals surface area contributed by atoms with Crippen LogP contribution in [0.2, 0.25) is 10.2 Å². The molecule has 0 radical (unpaired) electrons. The standard InChI is InChI=1S/C20H14Cl2N4OS/c1-12-15(19(22)26(25-12)13-7-3-2-4-8-13)11-23-24-20(27)18-17(21)14-9-5-6-10-16(14)28-18/h2-11H,1H3,(H,24,27). The molecule has 4 rings (SSSR count). The number of carbonyl (C=O) groups is 1. The first-order valence-electron chi connectivity index (χ1n) is 8.37. The van der Waals surface area contributed by atoms with E-state index in [9.17, 15) is 4.79 Å². The molecule has 0 saturated carbocycles. The molecule has 0 aliphatic heterocycles. The normalized spacial score (nSPS) is 11.4. The zero-order valence-corrected chi connectivity index (χ0v) is 17.0. The summed E-state index contributed by atoms with van der Waals surface area (Å²) >= 11 is 14.1. The molecule has 0 aliphatic rings. The lowest BCUT2D eigenvalue weighted by atomic mass is 10.2. The molecule has 28 heavy (non-hydrogen) atoms. The molecule has 0 aliphatic carbocycles. The van der Waals surface area contributed by atoms with Gasteiger partial charge in [-0.25, -0.2) is 10.1 Å². The molecule has 0 unspecified atom stereocenters. The molecule has 4 aromatic rings. The van der Waals surface area contributed by atoms with Gasteiger partial charge in [0.25, 0.3) is 5.91 Å². The van der Waals surface area contributed by atoms with Gasteiger partial charge in [0.15, 0.2) is 0 Å². The van der Waals surface area contributed by atoms with Crippen molar-refractivity contribution in [1.29, 1.82) is 0 Å². The molecule has 1 N–H and O–H groups in total. The van der Waals surface area contributed by atoms with E-state index in [2.05, 4.69) is 15.6 Å². The van der Waals surface area contributed by atoms with Gasteiger partial charge in [0.1, 0.15) is 10.0 Å². The van der Waals surface area contributed by atoms with Crippen LogP contribution < -0.4 is 5.43 Å². The van der Waals surface area contributed by atoms with E-state index in [4.69, 9.17) is 23.2 Å². The molecule has 0 fully saturated rings. The number of aromatic nitrogens is 2. The Labute approximate surface area is 175 Å². The number of hydrazone groups is 1. The van der Waals surface area contributed by atoms with Gasteiger partial charge in [0.05, 0.1) is 28.2 Å². The van der Waals surface area contributed by atoms with E-state index in [1.807, 2.05) is 61.5 Å². The summed E-state index contributed by atoms with van der Waals surface area (Å²) in [6.07, 6.45) is 1.49. The number of fused-ring (bicyclic) bond motifs is 1. The zero-order chi connectivity index (χ0) is 19.7. The second-order valence-electron chi connectivity index (χ2n) is 5.98. The maximum atomic E-state index is 12.5. The highest BCUT2D eigenvalue weighted by molar-refractivity contribution is 7.21. The number of hydrogen-bond acceptors (Lipinski definition) is 4. The number of hydrogen-bond donors (Lipinski definition) is 1. The highest BCUT2D eigenvalue weighted by atomic mass is 35.5. The molecule has 0 spiro atoms. The summed E-state index contributed by atoms with van der Waals surface area (Å²) in [6, 6.07) is 17.2. The first kappa shape index (κ1) is 18.7. The van der Waals surface area contributed by atoms with Crippen molar-refractivity contribution < 1.29 is 4.79 Å². The molecule has 5 nitrogen and oxygen atoms in total. The van der Waals surface area contributed by atoms with E-state index in [1.54, 1.807) is 4.68 Å². The summed E-state index contributed by atoms with van der Waals surface area (Å²) in [6.45, 7) is 1.83. The number of halogens is 2. The highest BCUT2D eigenvalue weighted by Crippen LogP contribution is 2.35. The maximum absolute atomic E-state index is 12.5. The average Bonchev–Trinajstić information content (AvgIpc) is 3.20. The third-order valence-electron chi connectivity index (χ3n) is 4.15. The first-order valence-corrected chi connectivity index (χ1v) is 9.94. The number of carbonyl (C=O) groups excluding carboxylic acids is 1. The third-order valence-corrected chi connectivity index (χ3v) is 6.19. The molecule has 1 amide bonds. The lowest BCUT2D eigenvalue weighted by molar-refractivity contribution is 0.0959. The van der Waals surface area contributed by atoms with Gasteiger partial charge in [0, 0.05) is 10.1 Å². The molecule has 0 saturated heterocycles. The molecule has 140 valence electrons. The summed E-state index contributed by atoms with van der Waals surface area (Å²) in [7, 11) is 0. The van der Waals surface area contributed by atoms with Crippen molar-refractivity contribution in [3.8, 4) is 5.69 Å². The Morgan fingerprint density at radius 1 is 1.14 bits per heavy atom. The van der Waals surface area contributed by atoms with Gasteiger partial charge in [-0.05, 0) is 25.1 Å². The van der Waals surface area contributed by atoms with Crippen molar-refractivity contribution in [3.63, 3.8) is 0 Å². The second-order valence-corrected chi connectivity index (χ2v) is 7.77. The Morgan fingerprint density at radius 2 is 1.86 bits per heavy atom. The van der Waals surface area contributed by atoms with Crippen molar-refractivity contribution in [2.75, 3.05) is 0 Å². The third kappa shape index (κ3) is 3.42. The van der Waals surface area contributed by atoms with E-state index in [-0.39, 0.29) is 5.91 Å². The van der Waals surface area contributed by atoms with Crippen LogP contribution in [0.4, 0.5) is 0 Å². The molecule has 8 heteroatoms. The highest BCUT2D eigenvalue weighted by Gasteiger charge is 2.17. The first-order chi connectivity index (χ1) is 13.6. The molecule has 2 heterocycles. The smallest absolute Gasteiger partial charge is 0.266 e. The predicted molar refractivity (Wildman–Crippen MR) is 115 cm³/mol. The Bertz CT molecular complexity index is 1200. The number of nitrogens with one attached hydrogen (secondary N) is 1. The minimum atomic E-state index is -0.369. The number of benzene rings is 2. The summed E-state index contributed by atoms with van der Waals surface area (Å²) < 4.78 is 2.58. The molecular formula is C20H14Cl2N4OS. The molecular weight excluding hydrogens is 415 g/mol. The maximum Gasteiger partial charge on any atom is 0.283 e. The van der Waals surface area contributed by atoms with Crippen molar-refractivity contribution in [3.05, 3.63) is 80.9 Å². The monoisotopic (exact) mass is 428 g/mol. The summed E-state index contributed by atoms with van der Waals surface area (Å²) in [5, 5.41) is 10.2. The van der Waals surface area contributed by atoms with Crippen molar-refractivity contribution in [2.45, 2.75) is 6.92 Å². The van der Waals surface area contributed by atoms with Crippen LogP contribution in [-0.4, -0.2) is 21.9 Å². The van der Waals surface area contributed by atoms with Gasteiger partial charge in [-0.2, -0.15) is 10.2 Å². The lowest BCUT2D eigenvalue weighted by Gasteiger charge is -2.01. The van der Waals surface area contributed by atoms with E-state index >= 15 is 0 Å². The molecule has 0 bridgehead atoms. The predicted octanol–water partition coefficient (Wildman–Crippen LogP) is 5.47. The minimum Gasteiger partial charge on any atom is -0.266 e. The number of thiophene rings is 1. The average molecular weight is 429 g/mol. The van der Waals surface area contributed by atoms with Gasteiger partial charge in [-0.15, -0.1) is 11.3 Å². The fourth-order valence-corrected chi connectivity index (χ4v) is 4.49. The van der Waals surface area contributed by atoms with E-state index in [0.717, 1.165) is 15.8 Å². The van der Waals surface area contributed by atoms with Crippen LogP contribution in [0.15, 0.2) is 59.7 Å². The van der Waals surface area contributed by atoms with Crippen LogP contribution in [0.3, 0.4) is 0 Å². The zero-order valence-electron chi connectivity index (χ0n) is 14.7. The Morgan fingerprint density at radius 3 is 2.61 bits per heavy atom. The van der Waals surface area contributed by atoms with Gasteiger partial charge in [0.2, 0.25) is 0 Å². The minimum absolute atomic E-state index is 0.369.